The van der Waals surface area contributed by atoms with Crippen LogP contribution >= 0.6 is 7.37 Å². The molecule has 0 fully saturated rings. The van der Waals surface area contributed by atoms with Gasteiger partial charge < -0.3 is 4.89 Å². The zero-order valence-corrected chi connectivity index (χ0v) is 10.7. The molecule has 2 nitrogen and oxygen atoms in total. The average Bonchev–Trinajstić information content (AvgIpc) is 2.00. The van der Waals surface area contributed by atoms with Crippen LogP contribution in [0.1, 0.15) is 31.9 Å². The van der Waals surface area contributed by atoms with Crippen molar-refractivity contribution in [2.75, 3.05) is 6.66 Å². The zero-order chi connectivity index (χ0) is 11.7. The summed E-state index contributed by atoms with van der Waals surface area (Å²) in [4.78, 5) is 9.26. The van der Waals surface area contributed by atoms with Gasteiger partial charge in [0.05, 0.1) is 0 Å². The first-order valence-corrected chi connectivity index (χ1v) is 7.36. The first kappa shape index (κ1) is 12.5. The highest BCUT2D eigenvalue weighted by molar-refractivity contribution is 7.56. The van der Waals surface area contributed by atoms with Crippen LogP contribution in [0, 0.1) is 0 Å². The molecule has 0 saturated carbocycles. The van der Waals surface area contributed by atoms with Gasteiger partial charge >= 0.3 is 0 Å². The number of rotatable bonds is 2. The van der Waals surface area contributed by atoms with Gasteiger partial charge in [0, 0.05) is 12.8 Å². The minimum absolute atomic E-state index is 0.133. The molecule has 0 spiro atoms. The predicted octanol–water partition coefficient (Wildman–Crippen LogP) is 3.38. The highest BCUT2D eigenvalue weighted by Crippen LogP contribution is 2.39. The van der Waals surface area contributed by atoms with Crippen molar-refractivity contribution < 1.29 is 9.46 Å². The summed E-state index contributed by atoms with van der Waals surface area (Å²) in [5.74, 6) is 0. The van der Waals surface area contributed by atoms with Gasteiger partial charge in [0.1, 0.15) is 0 Å². The van der Waals surface area contributed by atoms with E-state index in [1.807, 2.05) is 24.3 Å². The molecule has 0 radical (unpaired) electrons. The lowest BCUT2D eigenvalue weighted by Crippen LogP contribution is -2.10. The summed E-state index contributed by atoms with van der Waals surface area (Å²) < 4.78 is 11.2. The molecule has 0 aliphatic carbocycles. The third kappa shape index (κ3) is 4.19. The fraction of sp³-hybridized carbons (Fsp3) is 0.500. The fourth-order valence-corrected chi connectivity index (χ4v) is 2.34. The third-order valence-corrected chi connectivity index (χ3v) is 3.25. The molecule has 0 saturated heterocycles. The Hall–Kier alpha value is -0.590. The largest absolute Gasteiger partial charge is 0.344 e. The van der Waals surface area contributed by atoms with Crippen molar-refractivity contribution in [2.45, 2.75) is 32.3 Å². The average molecular weight is 226 g/mol. The van der Waals surface area contributed by atoms with Crippen LogP contribution in [0.4, 0.5) is 0 Å². The summed E-state index contributed by atoms with van der Waals surface area (Å²) >= 11 is 0. The fourth-order valence-electron chi connectivity index (χ4n) is 1.45. The van der Waals surface area contributed by atoms with E-state index in [-0.39, 0.29) is 11.6 Å². The van der Waals surface area contributed by atoms with Gasteiger partial charge in [-0.2, -0.15) is 0 Å². The molecule has 15 heavy (non-hydrogen) atoms. The summed E-state index contributed by atoms with van der Waals surface area (Å²) in [6.07, 6.45) is 0.261. The predicted molar refractivity (Wildman–Crippen MR) is 64.6 cm³/mol. The summed E-state index contributed by atoms with van der Waals surface area (Å²) in [7, 11) is -2.94. The van der Waals surface area contributed by atoms with Crippen LogP contribution < -0.4 is 0 Å². The molecule has 0 amide bonds. The van der Waals surface area contributed by atoms with Crippen LogP contribution in [0.15, 0.2) is 24.3 Å². The van der Waals surface area contributed by atoms with E-state index in [9.17, 15) is 9.46 Å². The van der Waals surface area contributed by atoms with Crippen molar-refractivity contribution in [2.24, 2.45) is 0 Å². The van der Waals surface area contributed by atoms with Crippen LogP contribution in [0.3, 0.4) is 0 Å². The maximum atomic E-state index is 11.2. The van der Waals surface area contributed by atoms with E-state index in [1.165, 1.54) is 12.2 Å². The standard InChI is InChI=1S/C12H19O2P/c1-12(2,3)11-7-5-10(6-8-11)9-15(4,13)14/h5-8H,9H2,1-4H3,(H,13,14). The normalized spacial score (nSPS) is 16.1. The van der Waals surface area contributed by atoms with Gasteiger partial charge in [0.25, 0.3) is 0 Å². The summed E-state index contributed by atoms with van der Waals surface area (Å²) in [5, 5.41) is 0. The third-order valence-electron chi connectivity index (χ3n) is 2.30. The number of hydrogen-bond acceptors (Lipinski definition) is 1. The Morgan fingerprint density at radius 3 is 2.00 bits per heavy atom. The molecular weight excluding hydrogens is 207 g/mol. The van der Waals surface area contributed by atoms with Crippen LogP contribution in [0.5, 0.6) is 0 Å². The van der Waals surface area contributed by atoms with E-state index in [4.69, 9.17) is 0 Å². The molecule has 0 aliphatic rings. The Balaban J connectivity index is 2.87. The van der Waals surface area contributed by atoms with Crippen LogP contribution in [-0.4, -0.2) is 11.6 Å². The van der Waals surface area contributed by atoms with E-state index in [1.54, 1.807) is 0 Å². The molecular formula is C12H19O2P. The lowest BCUT2D eigenvalue weighted by Gasteiger charge is -2.19. The minimum atomic E-state index is -2.94. The Kier molecular flexibility index (Phi) is 3.42. The monoisotopic (exact) mass is 226 g/mol. The molecule has 1 aromatic carbocycles. The van der Waals surface area contributed by atoms with Crippen molar-refractivity contribution in [1.82, 2.24) is 0 Å². The van der Waals surface area contributed by atoms with Crippen molar-refractivity contribution in [3.8, 4) is 0 Å². The molecule has 1 unspecified atom stereocenters. The van der Waals surface area contributed by atoms with Gasteiger partial charge in [-0.3, -0.25) is 4.57 Å². The maximum absolute atomic E-state index is 11.2. The van der Waals surface area contributed by atoms with E-state index in [0.29, 0.717) is 0 Å². The quantitative estimate of drug-likeness (QED) is 0.785. The van der Waals surface area contributed by atoms with Crippen LogP contribution in [-0.2, 0) is 16.1 Å². The Morgan fingerprint density at radius 1 is 1.20 bits per heavy atom. The van der Waals surface area contributed by atoms with E-state index in [2.05, 4.69) is 20.8 Å². The summed E-state index contributed by atoms with van der Waals surface area (Å²) in [5.41, 5.74) is 2.31. The van der Waals surface area contributed by atoms with Gasteiger partial charge in [-0.15, -0.1) is 0 Å². The molecule has 3 heteroatoms. The van der Waals surface area contributed by atoms with Crippen molar-refractivity contribution >= 4 is 7.37 Å². The second-order valence-electron chi connectivity index (χ2n) is 5.16. The second kappa shape index (κ2) is 4.11. The van der Waals surface area contributed by atoms with Gasteiger partial charge in [-0.05, 0) is 16.5 Å². The van der Waals surface area contributed by atoms with Crippen molar-refractivity contribution in [3.05, 3.63) is 35.4 Å². The number of hydrogen-bond donors (Lipinski definition) is 1. The van der Waals surface area contributed by atoms with Crippen molar-refractivity contribution in [3.63, 3.8) is 0 Å². The smallest absolute Gasteiger partial charge is 0.201 e. The first-order chi connectivity index (χ1) is 6.68. The van der Waals surface area contributed by atoms with E-state index in [0.717, 1.165) is 5.56 Å². The highest BCUT2D eigenvalue weighted by atomic mass is 31.2. The Labute approximate surface area is 91.8 Å². The Bertz CT molecular complexity index is 368. The molecule has 84 valence electrons. The lowest BCUT2D eigenvalue weighted by molar-refractivity contribution is 0.484. The number of benzene rings is 1. The molecule has 0 aromatic heterocycles. The van der Waals surface area contributed by atoms with Gasteiger partial charge in [0.15, 0.2) is 0 Å². The topological polar surface area (TPSA) is 37.3 Å². The minimum Gasteiger partial charge on any atom is -0.344 e. The molecule has 1 aromatic rings. The van der Waals surface area contributed by atoms with E-state index >= 15 is 0 Å². The van der Waals surface area contributed by atoms with Gasteiger partial charge in [0.2, 0.25) is 7.37 Å². The van der Waals surface area contributed by atoms with Gasteiger partial charge in [-0.1, -0.05) is 45.0 Å². The maximum Gasteiger partial charge on any atom is 0.201 e. The SMILES string of the molecule is CC(C)(C)c1ccc(CP(C)(=O)O)cc1. The molecule has 0 aliphatic heterocycles. The molecule has 1 N–H and O–H groups in total. The molecule has 1 rings (SSSR count). The second-order valence-corrected chi connectivity index (χ2v) is 7.57. The summed E-state index contributed by atoms with van der Waals surface area (Å²) in [6, 6.07) is 7.94. The molecule has 1 atom stereocenters. The summed E-state index contributed by atoms with van der Waals surface area (Å²) in [6.45, 7) is 7.85. The van der Waals surface area contributed by atoms with Crippen LogP contribution in [0.25, 0.3) is 0 Å². The molecule has 0 bridgehead atoms. The first-order valence-electron chi connectivity index (χ1n) is 5.07. The van der Waals surface area contributed by atoms with Crippen LogP contribution in [0.2, 0.25) is 0 Å². The lowest BCUT2D eigenvalue weighted by atomic mass is 9.87. The highest BCUT2D eigenvalue weighted by Gasteiger charge is 2.14. The van der Waals surface area contributed by atoms with Crippen molar-refractivity contribution in [1.29, 1.82) is 0 Å². The zero-order valence-electron chi connectivity index (χ0n) is 9.82. The van der Waals surface area contributed by atoms with Gasteiger partial charge in [-0.25, -0.2) is 0 Å². The van der Waals surface area contributed by atoms with E-state index < -0.39 is 7.37 Å². The Morgan fingerprint density at radius 2 is 1.67 bits per heavy atom. The molecule has 0 heterocycles.